The van der Waals surface area contributed by atoms with E-state index in [2.05, 4.69) is 56.7 Å². The molecule has 0 bridgehead atoms. The summed E-state index contributed by atoms with van der Waals surface area (Å²) in [7, 11) is -0.415. The number of imidazole rings is 1. The van der Waals surface area contributed by atoms with E-state index in [4.69, 9.17) is 19.0 Å². The molecule has 2 unspecified atom stereocenters. The van der Waals surface area contributed by atoms with Crippen LogP contribution in [-0.4, -0.2) is 58.0 Å². The highest BCUT2D eigenvalue weighted by atomic mass is 32.1. The van der Waals surface area contributed by atoms with Gasteiger partial charge in [-0.1, -0.05) is 48.5 Å². The number of ether oxygens (including phenoxy) is 1. The number of aromatic nitrogens is 2. The summed E-state index contributed by atoms with van der Waals surface area (Å²) in [5, 5.41) is 2.04. The SMILES string of the molecule is C/C=C(/OC1CC(c2ncc(-c3ccc(B4OC(C)(C)C(C)(C)O4)cc3)[nH]2)N(C=O)C1)C(=Nc1ccccc1C)c1cccs1. The van der Waals surface area contributed by atoms with Crippen molar-refractivity contribution in [2.75, 3.05) is 6.54 Å². The Kier molecular flexibility index (Phi) is 8.56. The summed E-state index contributed by atoms with van der Waals surface area (Å²) in [6.07, 6.45) is 5.03. The number of allylic oxidation sites excluding steroid dienone is 2. The first-order valence-electron chi connectivity index (χ1n) is 15.3. The first-order valence-corrected chi connectivity index (χ1v) is 16.2. The number of hydrogen-bond acceptors (Lipinski definition) is 7. The second kappa shape index (κ2) is 12.4. The van der Waals surface area contributed by atoms with E-state index in [-0.39, 0.29) is 12.1 Å². The molecule has 1 N–H and O–H groups in total. The fraction of sp³-hybridized carbons (Fsp3) is 0.343. The van der Waals surface area contributed by atoms with Crippen LogP contribution in [0.25, 0.3) is 11.3 Å². The van der Waals surface area contributed by atoms with Gasteiger partial charge in [0, 0.05) is 6.42 Å². The van der Waals surface area contributed by atoms with E-state index in [0.29, 0.717) is 18.7 Å². The first-order chi connectivity index (χ1) is 21.6. The number of nitrogens with one attached hydrogen (secondary N) is 1. The first kappa shape index (κ1) is 31.0. The van der Waals surface area contributed by atoms with Crippen molar-refractivity contribution in [2.45, 2.75) is 71.3 Å². The number of rotatable bonds is 9. The number of benzene rings is 2. The number of H-pyrrole nitrogens is 1. The van der Waals surface area contributed by atoms with Crippen molar-refractivity contribution in [1.82, 2.24) is 14.9 Å². The Morgan fingerprint density at radius 2 is 1.82 bits per heavy atom. The van der Waals surface area contributed by atoms with Gasteiger partial charge in [0.05, 0.1) is 46.2 Å². The Bertz CT molecular complexity index is 1700. The molecule has 2 aliphatic rings. The van der Waals surface area contributed by atoms with Gasteiger partial charge in [-0.05, 0) is 81.7 Å². The number of amides is 1. The van der Waals surface area contributed by atoms with Crippen molar-refractivity contribution in [3.63, 3.8) is 0 Å². The van der Waals surface area contributed by atoms with Crippen molar-refractivity contribution in [2.24, 2.45) is 4.99 Å². The predicted molar refractivity (Wildman–Crippen MR) is 180 cm³/mol. The molecule has 4 heterocycles. The molecule has 1 amide bonds. The fourth-order valence-electron chi connectivity index (χ4n) is 5.64. The maximum absolute atomic E-state index is 12.2. The number of aromatic amines is 1. The number of aryl methyl sites for hydroxylation is 1. The van der Waals surface area contributed by atoms with Gasteiger partial charge < -0.3 is 23.9 Å². The zero-order valence-corrected chi connectivity index (χ0v) is 27.4. The molecule has 2 fully saturated rings. The van der Waals surface area contributed by atoms with E-state index in [0.717, 1.165) is 50.8 Å². The van der Waals surface area contributed by atoms with Crippen molar-refractivity contribution in [1.29, 1.82) is 0 Å². The lowest BCUT2D eigenvalue weighted by Crippen LogP contribution is -2.41. The summed E-state index contributed by atoms with van der Waals surface area (Å²) in [6.45, 7) is 12.7. The lowest BCUT2D eigenvalue weighted by Gasteiger charge is -2.32. The molecular weight excluding hydrogens is 583 g/mol. The molecule has 0 radical (unpaired) electrons. The smallest absolute Gasteiger partial charge is 0.487 e. The van der Waals surface area contributed by atoms with Crippen LogP contribution in [0.1, 0.15) is 63.3 Å². The monoisotopic (exact) mass is 622 g/mol. The van der Waals surface area contributed by atoms with Gasteiger partial charge in [0.1, 0.15) is 23.4 Å². The highest BCUT2D eigenvalue weighted by Crippen LogP contribution is 2.37. The molecule has 4 aromatic rings. The van der Waals surface area contributed by atoms with Crippen LogP contribution in [0.4, 0.5) is 5.69 Å². The number of para-hydroxylation sites is 1. The highest BCUT2D eigenvalue weighted by molar-refractivity contribution is 7.12. The van der Waals surface area contributed by atoms with Crippen LogP contribution in [0.3, 0.4) is 0 Å². The van der Waals surface area contributed by atoms with Crippen molar-refractivity contribution in [3.8, 4) is 11.3 Å². The lowest BCUT2D eigenvalue weighted by molar-refractivity contribution is -0.119. The topological polar surface area (TPSA) is 89.0 Å². The average Bonchev–Trinajstić information content (AvgIpc) is 3.83. The average molecular weight is 623 g/mol. The molecule has 0 spiro atoms. The van der Waals surface area contributed by atoms with Gasteiger partial charge in [-0.15, -0.1) is 11.3 Å². The van der Waals surface area contributed by atoms with Gasteiger partial charge in [-0.3, -0.25) is 4.79 Å². The summed E-state index contributed by atoms with van der Waals surface area (Å²) >= 11 is 1.62. The molecule has 2 aromatic carbocycles. The second-order valence-corrected chi connectivity index (χ2v) is 13.5. The van der Waals surface area contributed by atoms with Gasteiger partial charge >= 0.3 is 7.12 Å². The maximum Gasteiger partial charge on any atom is 0.494 e. The van der Waals surface area contributed by atoms with E-state index in [1.165, 1.54) is 0 Å². The maximum atomic E-state index is 12.2. The molecule has 2 atom stereocenters. The molecule has 2 aliphatic heterocycles. The summed E-state index contributed by atoms with van der Waals surface area (Å²) in [4.78, 5) is 28.1. The van der Waals surface area contributed by atoms with Gasteiger partial charge in [-0.2, -0.15) is 0 Å². The zero-order valence-electron chi connectivity index (χ0n) is 26.6. The van der Waals surface area contributed by atoms with Crippen molar-refractivity contribution >= 4 is 41.7 Å². The minimum atomic E-state index is -0.415. The van der Waals surface area contributed by atoms with Crippen LogP contribution < -0.4 is 5.46 Å². The van der Waals surface area contributed by atoms with Gasteiger partial charge in [0.15, 0.2) is 0 Å². The summed E-state index contributed by atoms with van der Waals surface area (Å²) in [5.74, 6) is 1.42. The summed E-state index contributed by atoms with van der Waals surface area (Å²) in [5.41, 5.74) is 4.81. The van der Waals surface area contributed by atoms with Crippen LogP contribution in [0.2, 0.25) is 0 Å². The molecule has 2 saturated heterocycles. The Morgan fingerprint density at radius 1 is 1.09 bits per heavy atom. The number of hydrogen-bond donors (Lipinski definition) is 1. The van der Waals surface area contributed by atoms with Gasteiger partial charge in [-0.25, -0.2) is 9.98 Å². The van der Waals surface area contributed by atoms with Crippen molar-refractivity contribution in [3.05, 3.63) is 100 Å². The third-order valence-corrected chi connectivity index (χ3v) is 9.86. The fourth-order valence-corrected chi connectivity index (χ4v) is 6.36. The number of thiophene rings is 1. The number of carbonyl (C=O) groups excluding carboxylic acids is 1. The molecule has 232 valence electrons. The predicted octanol–water partition coefficient (Wildman–Crippen LogP) is 6.76. The van der Waals surface area contributed by atoms with Crippen LogP contribution in [0.15, 0.2) is 89.1 Å². The zero-order chi connectivity index (χ0) is 31.8. The molecule has 0 saturated carbocycles. The Labute approximate surface area is 269 Å². The van der Waals surface area contributed by atoms with E-state index in [9.17, 15) is 4.79 Å². The Balaban J connectivity index is 1.18. The van der Waals surface area contributed by atoms with Crippen molar-refractivity contribution < 1.29 is 18.8 Å². The quantitative estimate of drug-likeness (QED) is 0.0965. The van der Waals surface area contributed by atoms with E-state index >= 15 is 0 Å². The van der Waals surface area contributed by atoms with Gasteiger partial charge in [0.2, 0.25) is 6.41 Å². The summed E-state index contributed by atoms with van der Waals surface area (Å²) in [6, 6.07) is 20.0. The standard InChI is InChI=1S/C35H39BN4O4S/c1-7-30(32(31-13-10-18-45-31)38-27-12-9-8-11-23(27)2)42-26-19-29(40(21-26)22-41)33-37-20-28(39-33)24-14-16-25(17-15-24)36-43-34(3,4)35(5,6)44-36/h7-18,20,22,26,29H,19,21H2,1-6H3,(H,37,39)/b30-7+,38-32?. The third-order valence-electron chi connectivity index (χ3n) is 8.99. The molecular formula is C35H39BN4O4S. The molecule has 0 aliphatic carbocycles. The molecule has 45 heavy (non-hydrogen) atoms. The minimum absolute atomic E-state index is 0.221. The number of nitrogens with zero attached hydrogens (tertiary/aromatic N) is 3. The Morgan fingerprint density at radius 3 is 2.47 bits per heavy atom. The highest BCUT2D eigenvalue weighted by Gasteiger charge is 2.51. The number of aliphatic imine (C=N–C) groups is 1. The van der Waals surface area contributed by atoms with Crippen LogP contribution in [0.5, 0.6) is 0 Å². The van der Waals surface area contributed by atoms with Crippen LogP contribution >= 0.6 is 11.3 Å². The molecule has 8 nitrogen and oxygen atoms in total. The number of likely N-dealkylation sites (tertiary alicyclic amines) is 1. The molecule has 2 aromatic heterocycles. The largest absolute Gasteiger partial charge is 0.494 e. The lowest BCUT2D eigenvalue weighted by atomic mass is 9.79. The van der Waals surface area contributed by atoms with Gasteiger partial charge in [0.25, 0.3) is 0 Å². The molecule has 10 heteroatoms. The van der Waals surface area contributed by atoms with E-state index < -0.39 is 18.3 Å². The van der Waals surface area contributed by atoms with E-state index in [1.807, 2.05) is 73.1 Å². The minimum Gasteiger partial charge on any atom is -0.487 e. The van der Waals surface area contributed by atoms with E-state index in [1.54, 1.807) is 16.2 Å². The normalized spacial score (nSPS) is 21.4. The third kappa shape index (κ3) is 6.27. The number of carbonyl (C=O) groups is 1. The Hall–Kier alpha value is -3.99. The van der Waals surface area contributed by atoms with Crippen LogP contribution in [-0.2, 0) is 18.8 Å². The summed E-state index contributed by atoms with van der Waals surface area (Å²) < 4.78 is 19.0. The molecule has 6 rings (SSSR count). The second-order valence-electron chi connectivity index (χ2n) is 12.6. The van der Waals surface area contributed by atoms with Crippen LogP contribution in [0, 0.1) is 6.92 Å².